The van der Waals surface area contributed by atoms with Gasteiger partial charge >= 0.3 is 5.97 Å². The maximum absolute atomic E-state index is 11.8. The number of benzene rings is 2. The molecule has 0 aliphatic rings. The third-order valence-corrected chi connectivity index (χ3v) is 4.38. The fraction of sp³-hybridized carbons (Fsp3) is 0.263. The van der Waals surface area contributed by atoms with E-state index in [0.717, 1.165) is 18.0 Å². The van der Waals surface area contributed by atoms with Crippen molar-refractivity contribution in [2.24, 2.45) is 0 Å². The van der Waals surface area contributed by atoms with Crippen molar-refractivity contribution in [2.45, 2.75) is 24.8 Å². The lowest BCUT2D eigenvalue weighted by molar-refractivity contribution is 0.0378. The molecule has 0 aliphatic carbocycles. The van der Waals surface area contributed by atoms with Gasteiger partial charge in [0.15, 0.2) is 5.11 Å². The fourth-order valence-electron chi connectivity index (χ4n) is 2.00. The van der Waals surface area contributed by atoms with Crippen molar-refractivity contribution in [3.05, 3.63) is 60.2 Å². The second-order valence-electron chi connectivity index (χ2n) is 5.57. The summed E-state index contributed by atoms with van der Waals surface area (Å²) in [5.41, 5.74) is 1.35. The van der Waals surface area contributed by atoms with Gasteiger partial charge in [0.1, 0.15) is 0 Å². The lowest BCUT2D eigenvalue weighted by Gasteiger charge is -2.11. The predicted octanol–water partition coefficient (Wildman–Crippen LogP) is 4.33. The summed E-state index contributed by atoms with van der Waals surface area (Å²) in [6, 6.07) is 17.3. The molecule has 0 saturated heterocycles. The quantitative estimate of drug-likeness (QED) is 0.326. The third-order valence-electron chi connectivity index (χ3n) is 3.12. The molecule has 2 N–H and O–H groups in total. The van der Waals surface area contributed by atoms with Crippen molar-refractivity contribution >= 4 is 40.7 Å². The highest BCUT2D eigenvalue weighted by atomic mass is 32.2. The molecule has 2 rings (SSSR count). The number of hydrogen-bond acceptors (Lipinski definition) is 4. The van der Waals surface area contributed by atoms with E-state index in [-0.39, 0.29) is 12.1 Å². The summed E-state index contributed by atoms with van der Waals surface area (Å²) >= 11 is 7.06. The average Bonchev–Trinajstić information content (AvgIpc) is 2.60. The second kappa shape index (κ2) is 10.1. The number of thioether (sulfide) groups is 1. The van der Waals surface area contributed by atoms with E-state index in [2.05, 4.69) is 22.8 Å². The van der Waals surface area contributed by atoms with Crippen LogP contribution in [0.25, 0.3) is 0 Å². The molecule has 0 heterocycles. The molecule has 25 heavy (non-hydrogen) atoms. The Labute approximate surface area is 158 Å². The minimum Gasteiger partial charge on any atom is -0.459 e. The van der Waals surface area contributed by atoms with E-state index >= 15 is 0 Å². The van der Waals surface area contributed by atoms with Gasteiger partial charge in [-0.05, 0) is 62.5 Å². The SMILES string of the molecule is CC(C)OC(=O)c1ccc(NC(=S)NCCSc2ccccc2)cc1. The number of anilines is 1. The van der Waals surface area contributed by atoms with E-state index in [1.165, 1.54) is 4.90 Å². The second-order valence-corrected chi connectivity index (χ2v) is 7.15. The van der Waals surface area contributed by atoms with Crippen molar-refractivity contribution in [1.82, 2.24) is 5.32 Å². The molecule has 2 aromatic rings. The van der Waals surface area contributed by atoms with Crippen LogP contribution in [0.5, 0.6) is 0 Å². The minimum absolute atomic E-state index is 0.129. The van der Waals surface area contributed by atoms with Crippen LogP contribution in [0.15, 0.2) is 59.5 Å². The number of rotatable bonds is 7. The Hall–Kier alpha value is -2.05. The molecule has 0 atom stereocenters. The first-order valence-electron chi connectivity index (χ1n) is 8.08. The van der Waals surface area contributed by atoms with Crippen LogP contribution in [0.2, 0.25) is 0 Å². The summed E-state index contributed by atoms with van der Waals surface area (Å²) in [5.74, 6) is 0.603. The van der Waals surface area contributed by atoms with Gasteiger partial charge in [-0.2, -0.15) is 0 Å². The average molecular weight is 375 g/mol. The van der Waals surface area contributed by atoms with Gasteiger partial charge in [-0.1, -0.05) is 18.2 Å². The molecule has 132 valence electrons. The highest BCUT2D eigenvalue weighted by molar-refractivity contribution is 7.99. The number of esters is 1. The zero-order chi connectivity index (χ0) is 18.1. The molecule has 6 heteroatoms. The van der Waals surface area contributed by atoms with Gasteiger partial charge in [0, 0.05) is 22.9 Å². The van der Waals surface area contributed by atoms with E-state index in [9.17, 15) is 4.79 Å². The largest absolute Gasteiger partial charge is 0.459 e. The molecule has 2 aromatic carbocycles. The first kappa shape index (κ1) is 19.3. The first-order valence-corrected chi connectivity index (χ1v) is 9.48. The Balaban J connectivity index is 1.72. The minimum atomic E-state index is -0.319. The maximum atomic E-state index is 11.8. The van der Waals surface area contributed by atoms with Crippen LogP contribution in [0.3, 0.4) is 0 Å². The molecule has 4 nitrogen and oxygen atoms in total. The smallest absolute Gasteiger partial charge is 0.338 e. The molecule has 0 aliphatic heterocycles. The van der Waals surface area contributed by atoms with Crippen LogP contribution >= 0.6 is 24.0 Å². The monoisotopic (exact) mass is 374 g/mol. The van der Waals surface area contributed by atoms with E-state index in [4.69, 9.17) is 17.0 Å². The number of carbonyl (C=O) groups is 1. The van der Waals surface area contributed by atoms with Gasteiger partial charge in [0.05, 0.1) is 11.7 Å². The fourth-order valence-corrected chi connectivity index (χ4v) is 3.01. The van der Waals surface area contributed by atoms with E-state index < -0.39 is 0 Å². The number of carbonyl (C=O) groups excluding carboxylic acids is 1. The summed E-state index contributed by atoms with van der Waals surface area (Å²) in [6.07, 6.45) is -0.129. The van der Waals surface area contributed by atoms with E-state index in [1.807, 2.05) is 44.2 Å². The van der Waals surface area contributed by atoms with Crippen molar-refractivity contribution in [2.75, 3.05) is 17.6 Å². The zero-order valence-corrected chi connectivity index (χ0v) is 16.0. The van der Waals surface area contributed by atoms with E-state index in [1.54, 1.807) is 23.9 Å². The highest BCUT2D eigenvalue weighted by Gasteiger charge is 2.08. The summed E-state index contributed by atoms with van der Waals surface area (Å²) in [6.45, 7) is 4.42. The molecule has 0 saturated carbocycles. The van der Waals surface area contributed by atoms with Gasteiger partial charge in [0.25, 0.3) is 0 Å². The molecule has 0 spiro atoms. The summed E-state index contributed by atoms with van der Waals surface area (Å²) < 4.78 is 5.16. The lowest BCUT2D eigenvalue weighted by Crippen LogP contribution is -2.30. The molecule has 0 unspecified atom stereocenters. The maximum Gasteiger partial charge on any atom is 0.338 e. The van der Waals surface area contributed by atoms with Crippen LogP contribution < -0.4 is 10.6 Å². The number of nitrogens with one attached hydrogen (secondary N) is 2. The molecular formula is C19H22N2O2S2. The van der Waals surface area contributed by atoms with Crippen LogP contribution in [-0.2, 0) is 4.74 Å². The third kappa shape index (κ3) is 7.15. The summed E-state index contributed by atoms with van der Waals surface area (Å²) in [5, 5.41) is 6.84. The van der Waals surface area contributed by atoms with Crippen LogP contribution in [0.4, 0.5) is 5.69 Å². The summed E-state index contributed by atoms with van der Waals surface area (Å²) in [7, 11) is 0. The van der Waals surface area contributed by atoms with Gasteiger partial charge in [-0.15, -0.1) is 11.8 Å². The van der Waals surface area contributed by atoms with Crippen molar-refractivity contribution < 1.29 is 9.53 Å². The Morgan fingerprint density at radius 1 is 1.12 bits per heavy atom. The van der Waals surface area contributed by atoms with Gasteiger partial charge in [-0.25, -0.2) is 4.79 Å². The topological polar surface area (TPSA) is 50.4 Å². The zero-order valence-electron chi connectivity index (χ0n) is 14.3. The van der Waals surface area contributed by atoms with Crippen molar-refractivity contribution in [3.8, 4) is 0 Å². The van der Waals surface area contributed by atoms with E-state index in [0.29, 0.717) is 10.7 Å². The Morgan fingerprint density at radius 3 is 2.44 bits per heavy atom. The molecule has 0 fully saturated rings. The van der Waals surface area contributed by atoms with Crippen LogP contribution in [0.1, 0.15) is 24.2 Å². The molecule has 0 radical (unpaired) electrons. The van der Waals surface area contributed by atoms with Crippen molar-refractivity contribution in [3.63, 3.8) is 0 Å². The Kier molecular flexibility index (Phi) is 7.76. The predicted molar refractivity (Wildman–Crippen MR) is 108 cm³/mol. The van der Waals surface area contributed by atoms with Crippen molar-refractivity contribution in [1.29, 1.82) is 0 Å². The molecule has 0 amide bonds. The number of hydrogen-bond donors (Lipinski definition) is 2. The first-order chi connectivity index (χ1) is 12.0. The van der Waals surface area contributed by atoms with Crippen LogP contribution in [0, 0.1) is 0 Å². The Bertz CT molecular complexity index is 688. The van der Waals surface area contributed by atoms with Gasteiger partial charge in [0.2, 0.25) is 0 Å². The molecular weight excluding hydrogens is 352 g/mol. The number of ether oxygens (including phenoxy) is 1. The lowest BCUT2D eigenvalue weighted by atomic mass is 10.2. The standard InChI is InChI=1S/C19H22N2O2S2/c1-14(2)23-18(22)15-8-10-16(11-9-15)21-19(24)20-12-13-25-17-6-4-3-5-7-17/h3-11,14H,12-13H2,1-2H3,(H2,20,21,24). The van der Waals surface area contributed by atoms with Gasteiger partial charge < -0.3 is 15.4 Å². The number of thiocarbonyl (C=S) groups is 1. The molecule has 0 aromatic heterocycles. The highest BCUT2D eigenvalue weighted by Crippen LogP contribution is 2.16. The Morgan fingerprint density at radius 2 is 1.80 bits per heavy atom. The normalized spacial score (nSPS) is 10.4. The van der Waals surface area contributed by atoms with Gasteiger partial charge in [-0.3, -0.25) is 0 Å². The summed E-state index contributed by atoms with van der Waals surface area (Å²) in [4.78, 5) is 13.0. The van der Waals surface area contributed by atoms with Crippen LogP contribution in [-0.4, -0.2) is 29.5 Å². The molecule has 0 bridgehead atoms.